The Morgan fingerprint density at radius 3 is 2.48 bits per heavy atom. The first-order chi connectivity index (χ1) is 12.0. The van der Waals surface area contributed by atoms with Crippen molar-refractivity contribution in [3.05, 3.63) is 17.5 Å². The van der Waals surface area contributed by atoms with Crippen LogP contribution >= 0.6 is 0 Å². The molecule has 0 aliphatic carbocycles. The van der Waals surface area contributed by atoms with E-state index in [1.165, 1.54) is 4.31 Å². The van der Waals surface area contributed by atoms with Gasteiger partial charge >= 0.3 is 6.03 Å². The van der Waals surface area contributed by atoms with Gasteiger partial charge in [0.15, 0.2) is 0 Å². The van der Waals surface area contributed by atoms with E-state index in [1.54, 1.807) is 22.2 Å². The van der Waals surface area contributed by atoms with Crippen LogP contribution in [0.4, 0.5) is 4.79 Å². The van der Waals surface area contributed by atoms with Crippen molar-refractivity contribution in [2.24, 2.45) is 0 Å². The van der Waals surface area contributed by atoms with Gasteiger partial charge in [-0.3, -0.25) is 0 Å². The van der Waals surface area contributed by atoms with Crippen molar-refractivity contribution in [1.29, 1.82) is 0 Å². The molecule has 2 amide bonds. The maximum atomic E-state index is 12.6. The van der Waals surface area contributed by atoms with Gasteiger partial charge in [-0.2, -0.15) is 17.0 Å². The number of aromatic nitrogens is 1. The highest BCUT2D eigenvalue weighted by molar-refractivity contribution is 7.86. The van der Waals surface area contributed by atoms with E-state index in [0.29, 0.717) is 63.7 Å². The fraction of sp³-hybridized carbons (Fsp3) is 0.733. The molecule has 1 N–H and O–H groups in total. The molecule has 9 nitrogen and oxygen atoms in total. The molecule has 2 saturated heterocycles. The molecule has 0 atom stereocenters. The van der Waals surface area contributed by atoms with Crippen LogP contribution in [0.25, 0.3) is 0 Å². The van der Waals surface area contributed by atoms with Crippen LogP contribution in [-0.4, -0.2) is 72.4 Å². The van der Waals surface area contributed by atoms with Crippen LogP contribution in [0, 0.1) is 6.92 Å². The Bertz CT molecular complexity index is 699. The van der Waals surface area contributed by atoms with E-state index >= 15 is 0 Å². The third kappa shape index (κ3) is 4.31. The SMILES string of the molecule is Cc1cc(CNC(=O)N2CCCN(S(=O)(=O)N3CCCC3)CC2)no1. The summed E-state index contributed by atoms with van der Waals surface area (Å²) in [7, 11) is -3.40. The van der Waals surface area contributed by atoms with E-state index in [4.69, 9.17) is 4.52 Å². The van der Waals surface area contributed by atoms with Gasteiger partial charge in [0.2, 0.25) is 0 Å². The molecule has 0 spiro atoms. The van der Waals surface area contributed by atoms with E-state index in [0.717, 1.165) is 12.8 Å². The summed E-state index contributed by atoms with van der Waals surface area (Å²) in [5.41, 5.74) is 0.666. The van der Waals surface area contributed by atoms with Crippen LogP contribution in [0.15, 0.2) is 10.6 Å². The monoisotopic (exact) mass is 371 g/mol. The molecule has 1 aromatic heterocycles. The molecule has 0 unspecified atom stereocenters. The van der Waals surface area contributed by atoms with E-state index in [9.17, 15) is 13.2 Å². The minimum absolute atomic E-state index is 0.207. The Kier molecular flexibility index (Phi) is 5.60. The lowest BCUT2D eigenvalue weighted by molar-refractivity contribution is 0.199. The van der Waals surface area contributed by atoms with Gasteiger partial charge in [0.05, 0.1) is 6.54 Å². The van der Waals surface area contributed by atoms with E-state index < -0.39 is 10.2 Å². The molecular formula is C15H25N5O4S. The topological polar surface area (TPSA) is 99.0 Å². The Balaban J connectivity index is 1.53. The van der Waals surface area contributed by atoms with E-state index in [-0.39, 0.29) is 6.03 Å². The first kappa shape index (κ1) is 18.2. The molecule has 3 rings (SSSR count). The summed E-state index contributed by atoms with van der Waals surface area (Å²) >= 11 is 0. The lowest BCUT2D eigenvalue weighted by atomic mass is 10.4. The lowest BCUT2D eigenvalue weighted by Crippen LogP contribution is -2.45. The number of rotatable bonds is 4. The zero-order valence-electron chi connectivity index (χ0n) is 14.5. The smallest absolute Gasteiger partial charge is 0.317 e. The van der Waals surface area contributed by atoms with Gasteiger partial charge in [-0.05, 0) is 26.2 Å². The lowest BCUT2D eigenvalue weighted by Gasteiger charge is -2.26. The molecule has 0 aromatic carbocycles. The van der Waals surface area contributed by atoms with Gasteiger partial charge in [0.1, 0.15) is 11.5 Å². The van der Waals surface area contributed by atoms with Crippen molar-refractivity contribution in [3.8, 4) is 0 Å². The Morgan fingerprint density at radius 1 is 1.12 bits per heavy atom. The molecule has 2 aliphatic rings. The molecule has 0 saturated carbocycles. The highest BCUT2D eigenvalue weighted by atomic mass is 32.2. The third-order valence-corrected chi connectivity index (χ3v) is 6.59. The summed E-state index contributed by atoms with van der Waals surface area (Å²) in [4.78, 5) is 14.0. The second kappa shape index (κ2) is 7.71. The van der Waals surface area contributed by atoms with Gasteiger partial charge in [0, 0.05) is 45.3 Å². The average Bonchev–Trinajstić information content (AvgIpc) is 3.19. The number of hydrogen-bond acceptors (Lipinski definition) is 5. The predicted molar refractivity (Wildman–Crippen MR) is 91.0 cm³/mol. The minimum Gasteiger partial charge on any atom is -0.361 e. The fourth-order valence-corrected chi connectivity index (χ4v) is 4.91. The zero-order chi connectivity index (χ0) is 17.9. The maximum Gasteiger partial charge on any atom is 0.317 e. The van der Waals surface area contributed by atoms with Crippen LogP contribution in [0.3, 0.4) is 0 Å². The summed E-state index contributed by atoms with van der Waals surface area (Å²) in [6, 6.07) is 1.56. The zero-order valence-corrected chi connectivity index (χ0v) is 15.3. The van der Waals surface area contributed by atoms with Crippen LogP contribution in [0.2, 0.25) is 0 Å². The predicted octanol–water partition coefficient (Wildman–Crippen LogP) is 0.541. The Morgan fingerprint density at radius 2 is 1.80 bits per heavy atom. The molecule has 2 fully saturated rings. The van der Waals surface area contributed by atoms with Crippen LogP contribution in [0.1, 0.15) is 30.7 Å². The van der Waals surface area contributed by atoms with E-state index in [2.05, 4.69) is 10.5 Å². The molecule has 3 heterocycles. The van der Waals surface area contributed by atoms with Gasteiger partial charge in [-0.15, -0.1) is 0 Å². The molecule has 2 aliphatic heterocycles. The van der Waals surface area contributed by atoms with Crippen LogP contribution in [-0.2, 0) is 16.8 Å². The number of urea groups is 1. The second-order valence-corrected chi connectivity index (χ2v) is 8.37. The maximum absolute atomic E-state index is 12.6. The first-order valence-electron chi connectivity index (χ1n) is 8.67. The summed E-state index contributed by atoms with van der Waals surface area (Å²) < 4.78 is 33.3. The van der Waals surface area contributed by atoms with Crippen molar-refractivity contribution < 1.29 is 17.7 Å². The third-order valence-electron chi connectivity index (χ3n) is 4.56. The molecule has 25 heavy (non-hydrogen) atoms. The summed E-state index contributed by atoms with van der Waals surface area (Å²) in [5.74, 6) is 0.696. The Hall–Kier alpha value is -1.65. The van der Waals surface area contributed by atoms with Crippen molar-refractivity contribution in [1.82, 2.24) is 24.0 Å². The molecule has 1 aromatic rings. The molecule has 0 radical (unpaired) electrons. The number of carbonyl (C=O) groups excluding carboxylic acids is 1. The van der Waals surface area contributed by atoms with Crippen LogP contribution < -0.4 is 5.32 Å². The highest BCUT2D eigenvalue weighted by Gasteiger charge is 2.33. The molecule has 140 valence electrons. The summed E-state index contributed by atoms with van der Waals surface area (Å²) in [5, 5.41) is 6.64. The van der Waals surface area contributed by atoms with Crippen LogP contribution in [0.5, 0.6) is 0 Å². The largest absolute Gasteiger partial charge is 0.361 e. The van der Waals surface area contributed by atoms with Gasteiger partial charge < -0.3 is 14.7 Å². The van der Waals surface area contributed by atoms with Gasteiger partial charge in [-0.1, -0.05) is 5.16 Å². The minimum atomic E-state index is -3.40. The highest BCUT2D eigenvalue weighted by Crippen LogP contribution is 2.18. The van der Waals surface area contributed by atoms with Crippen molar-refractivity contribution >= 4 is 16.2 Å². The molecule has 10 heteroatoms. The molecular weight excluding hydrogens is 346 g/mol. The Labute approximate surface area is 148 Å². The quantitative estimate of drug-likeness (QED) is 0.833. The number of nitrogens with one attached hydrogen (secondary N) is 1. The fourth-order valence-electron chi connectivity index (χ4n) is 3.19. The van der Waals surface area contributed by atoms with E-state index in [1.807, 2.05) is 0 Å². The van der Waals surface area contributed by atoms with Crippen molar-refractivity contribution in [2.75, 3.05) is 39.3 Å². The first-order valence-corrected chi connectivity index (χ1v) is 10.1. The number of amides is 2. The number of carbonyl (C=O) groups is 1. The summed E-state index contributed by atoms with van der Waals surface area (Å²) in [6.07, 6.45) is 2.47. The molecule has 0 bridgehead atoms. The second-order valence-electron chi connectivity index (χ2n) is 6.44. The van der Waals surface area contributed by atoms with Gasteiger partial charge in [-0.25, -0.2) is 4.79 Å². The average molecular weight is 371 g/mol. The number of nitrogens with zero attached hydrogens (tertiary/aromatic N) is 4. The number of hydrogen-bond donors (Lipinski definition) is 1. The van der Waals surface area contributed by atoms with Gasteiger partial charge in [0.25, 0.3) is 10.2 Å². The number of aryl methyl sites for hydroxylation is 1. The normalized spacial score (nSPS) is 20.6. The van der Waals surface area contributed by atoms with Crippen molar-refractivity contribution in [2.45, 2.75) is 32.7 Å². The summed E-state index contributed by atoms with van der Waals surface area (Å²) in [6.45, 7) is 4.98. The standard InChI is InChI=1S/C15H25N5O4S/c1-13-11-14(17-24-13)12-16-15(21)18-5-4-8-20(10-9-18)25(22,23)19-6-2-3-7-19/h11H,2-10,12H2,1H3,(H,16,21). The van der Waals surface area contributed by atoms with Crippen molar-refractivity contribution in [3.63, 3.8) is 0 Å².